The molecule has 0 bridgehead atoms. The van der Waals surface area contributed by atoms with E-state index in [0.717, 1.165) is 21.0 Å². The van der Waals surface area contributed by atoms with Gasteiger partial charge in [0.05, 0.1) is 8.66 Å². The third-order valence-electron chi connectivity index (χ3n) is 1.39. The summed E-state index contributed by atoms with van der Waals surface area (Å²) in [4.78, 5) is 12.2. The summed E-state index contributed by atoms with van der Waals surface area (Å²) < 4.78 is 0.988. The van der Waals surface area contributed by atoms with Gasteiger partial charge in [-0.05, 0) is 34.3 Å². The lowest BCUT2D eigenvalue weighted by molar-refractivity contribution is 0.0960. The second kappa shape index (κ2) is 5.67. The van der Waals surface area contributed by atoms with Crippen LogP contribution in [0.5, 0.6) is 0 Å². The van der Waals surface area contributed by atoms with Gasteiger partial charge in [-0.25, -0.2) is 0 Å². The summed E-state index contributed by atoms with van der Waals surface area (Å²) in [5.74, 6) is 0.975. The Balaban J connectivity index is 2.40. The van der Waals surface area contributed by atoms with E-state index in [2.05, 4.69) is 21.2 Å². The van der Waals surface area contributed by atoms with Crippen LogP contribution in [0.2, 0.25) is 0 Å². The van der Waals surface area contributed by atoms with E-state index in [1.54, 1.807) is 11.8 Å². The number of thiophene rings is 1. The Morgan fingerprint density at radius 1 is 1.69 bits per heavy atom. The summed E-state index contributed by atoms with van der Waals surface area (Å²) in [6.45, 7) is 0.732. The van der Waals surface area contributed by atoms with Crippen molar-refractivity contribution in [2.24, 2.45) is 0 Å². The molecule has 0 aliphatic carbocycles. The molecule has 1 amide bonds. The van der Waals surface area contributed by atoms with Gasteiger partial charge in [0, 0.05) is 12.3 Å². The zero-order valence-corrected chi connectivity index (χ0v) is 10.4. The van der Waals surface area contributed by atoms with Gasteiger partial charge < -0.3 is 5.32 Å². The van der Waals surface area contributed by atoms with Crippen molar-refractivity contribution in [3.8, 4) is 0 Å². The second-order valence-corrected chi connectivity index (χ2v) is 5.80. The van der Waals surface area contributed by atoms with Crippen molar-refractivity contribution in [1.82, 2.24) is 5.32 Å². The lowest BCUT2D eigenvalue weighted by Gasteiger charge is -2.00. The molecule has 0 atom stereocenters. The molecule has 1 N–H and O–H groups in total. The van der Waals surface area contributed by atoms with E-state index in [4.69, 9.17) is 0 Å². The third kappa shape index (κ3) is 3.70. The van der Waals surface area contributed by atoms with E-state index in [-0.39, 0.29) is 5.91 Å². The number of hydrogen-bond acceptors (Lipinski definition) is 3. The van der Waals surface area contributed by atoms with Crippen molar-refractivity contribution >= 4 is 44.9 Å². The third-order valence-corrected chi connectivity index (χ3v) is 3.62. The normalized spacial score (nSPS) is 10.0. The van der Waals surface area contributed by atoms with E-state index >= 15 is 0 Å². The summed E-state index contributed by atoms with van der Waals surface area (Å²) in [5, 5.41) is 2.84. The average molecular weight is 280 g/mol. The molecule has 5 heteroatoms. The van der Waals surface area contributed by atoms with Crippen LogP contribution in [-0.4, -0.2) is 24.5 Å². The zero-order chi connectivity index (χ0) is 9.68. The van der Waals surface area contributed by atoms with Crippen molar-refractivity contribution in [2.45, 2.75) is 0 Å². The number of carbonyl (C=O) groups excluding carboxylic acids is 1. The van der Waals surface area contributed by atoms with Crippen LogP contribution in [0.1, 0.15) is 9.67 Å². The molecule has 0 fully saturated rings. The first-order valence-corrected chi connectivity index (χ1v) is 6.77. The van der Waals surface area contributed by atoms with E-state index < -0.39 is 0 Å². The summed E-state index contributed by atoms with van der Waals surface area (Å²) in [7, 11) is 0. The highest BCUT2D eigenvalue weighted by molar-refractivity contribution is 9.11. The molecule has 0 saturated heterocycles. The molecule has 0 aromatic carbocycles. The molecule has 1 rings (SSSR count). The van der Waals surface area contributed by atoms with Gasteiger partial charge in [0.2, 0.25) is 0 Å². The minimum absolute atomic E-state index is 0.0183. The standard InChI is InChI=1S/C8H10BrNOS2/c1-12-5-4-10-8(11)6-2-3-7(9)13-6/h2-3H,4-5H2,1H3,(H,10,11). The van der Waals surface area contributed by atoms with E-state index in [1.165, 1.54) is 11.3 Å². The van der Waals surface area contributed by atoms with Crippen LogP contribution in [0, 0.1) is 0 Å². The van der Waals surface area contributed by atoms with Crippen molar-refractivity contribution in [1.29, 1.82) is 0 Å². The van der Waals surface area contributed by atoms with Crippen LogP contribution >= 0.6 is 39.0 Å². The van der Waals surface area contributed by atoms with Crippen LogP contribution in [0.15, 0.2) is 15.9 Å². The summed E-state index contributed by atoms with van der Waals surface area (Å²) in [5.41, 5.74) is 0. The molecule has 72 valence electrons. The summed E-state index contributed by atoms with van der Waals surface area (Å²) >= 11 is 6.49. The first kappa shape index (κ1) is 11.1. The first-order chi connectivity index (χ1) is 6.24. The summed E-state index contributed by atoms with van der Waals surface area (Å²) in [6.07, 6.45) is 2.02. The predicted molar refractivity (Wildman–Crippen MR) is 62.7 cm³/mol. The quantitative estimate of drug-likeness (QED) is 0.859. The van der Waals surface area contributed by atoms with Gasteiger partial charge in [0.25, 0.3) is 5.91 Å². The molecular formula is C8H10BrNOS2. The van der Waals surface area contributed by atoms with Gasteiger partial charge in [-0.2, -0.15) is 11.8 Å². The second-order valence-electron chi connectivity index (χ2n) is 2.35. The Hall–Kier alpha value is -0.0000000000000000833. The molecular weight excluding hydrogens is 270 g/mol. The number of hydrogen-bond donors (Lipinski definition) is 1. The minimum Gasteiger partial charge on any atom is -0.351 e. The first-order valence-electron chi connectivity index (χ1n) is 3.76. The molecule has 2 nitrogen and oxygen atoms in total. The lowest BCUT2D eigenvalue weighted by Crippen LogP contribution is -2.24. The molecule has 1 heterocycles. The number of carbonyl (C=O) groups is 1. The minimum atomic E-state index is 0.0183. The Morgan fingerprint density at radius 3 is 3.00 bits per heavy atom. The Labute approximate surface area is 94.2 Å². The number of nitrogens with one attached hydrogen (secondary N) is 1. The molecule has 0 radical (unpaired) electrons. The van der Waals surface area contributed by atoms with Gasteiger partial charge in [0.1, 0.15) is 0 Å². The molecule has 0 spiro atoms. The van der Waals surface area contributed by atoms with Crippen LogP contribution in [-0.2, 0) is 0 Å². The Kier molecular flexibility index (Phi) is 4.83. The van der Waals surface area contributed by atoms with Crippen LogP contribution in [0.4, 0.5) is 0 Å². The fourth-order valence-electron chi connectivity index (χ4n) is 0.790. The molecule has 0 aliphatic heterocycles. The van der Waals surface area contributed by atoms with E-state index in [0.29, 0.717) is 0 Å². The van der Waals surface area contributed by atoms with E-state index in [9.17, 15) is 4.79 Å². The molecule has 0 saturated carbocycles. The zero-order valence-electron chi connectivity index (χ0n) is 7.17. The fourth-order valence-corrected chi connectivity index (χ4v) is 2.40. The van der Waals surface area contributed by atoms with Gasteiger partial charge >= 0.3 is 0 Å². The number of rotatable bonds is 4. The highest BCUT2D eigenvalue weighted by Crippen LogP contribution is 2.21. The monoisotopic (exact) mass is 279 g/mol. The van der Waals surface area contributed by atoms with Gasteiger partial charge in [-0.1, -0.05) is 0 Å². The van der Waals surface area contributed by atoms with Crippen LogP contribution in [0.3, 0.4) is 0 Å². The van der Waals surface area contributed by atoms with Crippen molar-refractivity contribution in [3.63, 3.8) is 0 Å². The smallest absolute Gasteiger partial charge is 0.261 e. The van der Waals surface area contributed by atoms with Gasteiger partial charge in [0.15, 0.2) is 0 Å². The number of halogens is 1. The SMILES string of the molecule is CSCCNC(=O)c1ccc(Br)s1. The van der Waals surface area contributed by atoms with Crippen LogP contribution in [0.25, 0.3) is 0 Å². The van der Waals surface area contributed by atoms with Gasteiger partial charge in [-0.3, -0.25) is 4.79 Å². The molecule has 13 heavy (non-hydrogen) atoms. The average Bonchev–Trinajstić information content (AvgIpc) is 2.52. The topological polar surface area (TPSA) is 29.1 Å². The maximum atomic E-state index is 11.4. The van der Waals surface area contributed by atoms with Crippen molar-refractivity contribution in [3.05, 3.63) is 20.8 Å². The van der Waals surface area contributed by atoms with Crippen molar-refractivity contribution < 1.29 is 4.79 Å². The maximum Gasteiger partial charge on any atom is 0.261 e. The molecule has 1 aromatic rings. The highest BCUT2D eigenvalue weighted by atomic mass is 79.9. The van der Waals surface area contributed by atoms with E-state index in [1.807, 2.05) is 18.4 Å². The predicted octanol–water partition coefficient (Wildman–Crippen LogP) is 2.60. The van der Waals surface area contributed by atoms with Gasteiger partial charge in [-0.15, -0.1) is 11.3 Å². The Morgan fingerprint density at radius 2 is 2.46 bits per heavy atom. The summed E-state index contributed by atoms with van der Waals surface area (Å²) in [6, 6.07) is 3.71. The van der Waals surface area contributed by atoms with Crippen LogP contribution < -0.4 is 5.32 Å². The highest BCUT2D eigenvalue weighted by Gasteiger charge is 2.06. The fraction of sp³-hybridized carbons (Fsp3) is 0.375. The Bertz CT molecular complexity index is 287. The number of thioether (sulfide) groups is 1. The molecule has 1 aromatic heterocycles. The maximum absolute atomic E-state index is 11.4. The molecule has 0 unspecified atom stereocenters. The van der Waals surface area contributed by atoms with Crippen molar-refractivity contribution in [2.75, 3.05) is 18.6 Å². The lowest BCUT2D eigenvalue weighted by atomic mass is 10.4. The number of amides is 1. The largest absolute Gasteiger partial charge is 0.351 e. The molecule has 0 aliphatic rings.